The van der Waals surface area contributed by atoms with Gasteiger partial charge in [0.05, 0.1) is 20.3 Å². The van der Waals surface area contributed by atoms with Gasteiger partial charge in [0.25, 0.3) is 0 Å². The molecule has 1 aliphatic heterocycles. The van der Waals surface area contributed by atoms with E-state index >= 15 is 0 Å². The first kappa shape index (κ1) is 16.6. The summed E-state index contributed by atoms with van der Waals surface area (Å²) >= 11 is 0. The van der Waals surface area contributed by atoms with E-state index < -0.39 is 0 Å². The third-order valence-electron chi connectivity index (χ3n) is 4.39. The molecule has 2 rings (SSSR count). The van der Waals surface area contributed by atoms with Gasteiger partial charge in [-0.3, -0.25) is 4.90 Å². The van der Waals surface area contributed by atoms with E-state index in [2.05, 4.69) is 29.8 Å². The fourth-order valence-electron chi connectivity index (χ4n) is 3.10. The second kappa shape index (κ2) is 7.48. The van der Waals surface area contributed by atoms with Gasteiger partial charge in [0.2, 0.25) is 0 Å². The average Bonchev–Trinajstić information content (AvgIpc) is 2.56. The van der Waals surface area contributed by atoms with Crippen LogP contribution in [0.15, 0.2) is 18.2 Å². The Morgan fingerprint density at radius 1 is 1.32 bits per heavy atom. The number of hydrogen-bond acceptors (Lipinski definition) is 5. The third kappa shape index (κ3) is 3.34. The molecular weight excluding hydrogens is 278 g/mol. The van der Waals surface area contributed by atoms with Crippen molar-refractivity contribution >= 4 is 0 Å². The molecule has 1 saturated heterocycles. The number of rotatable bonds is 5. The zero-order valence-electron chi connectivity index (χ0n) is 13.9. The first-order valence-corrected chi connectivity index (χ1v) is 7.70. The van der Waals surface area contributed by atoms with Crippen molar-refractivity contribution in [3.05, 3.63) is 23.8 Å². The van der Waals surface area contributed by atoms with E-state index in [4.69, 9.17) is 9.47 Å². The summed E-state index contributed by atoms with van der Waals surface area (Å²) in [4.78, 5) is 4.61. The predicted octanol–water partition coefficient (Wildman–Crippen LogP) is 2.29. The van der Waals surface area contributed by atoms with Crippen molar-refractivity contribution in [1.29, 1.82) is 5.26 Å². The van der Waals surface area contributed by atoms with Crippen LogP contribution in [0.1, 0.15) is 24.9 Å². The molecule has 1 aromatic rings. The highest BCUT2D eigenvalue weighted by Gasteiger charge is 2.32. The smallest absolute Gasteiger partial charge is 0.127 e. The highest BCUT2D eigenvalue weighted by Crippen LogP contribution is 2.34. The normalized spacial score (nSPS) is 21.1. The zero-order chi connectivity index (χ0) is 16.1. The van der Waals surface area contributed by atoms with E-state index in [0.29, 0.717) is 6.04 Å². The number of likely N-dealkylation sites (N-methyl/N-ethyl adjacent to an activating group) is 1. The molecule has 0 saturated carbocycles. The first-order valence-electron chi connectivity index (χ1n) is 7.70. The molecule has 0 amide bonds. The Balaban J connectivity index is 2.37. The molecule has 0 spiro atoms. The van der Waals surface area contributed by atoms with Crippen LogP contribution in [-0.4, -0.2) is 56.7 Å². The Morgan fingerprint density at radius 3 is 2.68 bits per heavy atom. The summed E-state index contributed by atoms with van der Waals surface area (Å²) in [6.45, 7) is 5.02. The number of ether oxygens (including phenoxy) is 2. The zero-order valence-corrected chi connectivity index (χ0v) is 13.9. The minimum atomic E-state index is -0.316. The van der Waals surface area contributed by atoms with Gasteiger partial charge >= 0.3 is 0 Å². The summed E-state index contributed by atoms with van der Waals surface area (Å²) in [5.41, 5.74) is 0.882. The first-order chi connectivity index (χ1) is 10.6. The molecule has 1 aliphatic rings. The van der Waals surface area contributed by atoms with Gasteiger partial charge in [-0.15, -0.1) is 0 Å². The maximum absolute atomic E-state index is 9.79. The molecule has 120 valence electrons. The second-order valence-corrected chi connectivity index (χ2v) is 5.70. The van der Waals surface area contributed by atoms with Gasteiger partial charge in [0.15, 0.2) is 0 Å². The summed E-state index contributed by atoms with van der Waals surface area (Å²) in [6.07, 6.45) is 1.02. The second-order valence-electron chi connectivity index (χ2n) is 5.70. The van der Waals surface area contributed by atoms with Crippen molar-refractivity contribution < 1.29 is 9.47 Å². The van der Waals surface area contributed by atoms with Gasteiger partial charge in [-0.2, -0.15) is 5.26 Å². The van der Waals surface area contributed by atoms with Crippen molar-refractivity contribution in [3.63, 3.8) is 0 Å². The highest BCUT2D eigenvalue weighted by molar-refractivity contribution is 5.44. The van der Waals surface area contributed by atoms with E-state index in [1.165, 1.54) is 0 Å². The molecule has 5 nitrogen and oxygen atoms in total. The molecule has 0 bridgehead atoms. The van der Waals surface area contributed by atoms with Crippen LogP contribution < -0.4 is 9.47 Å². The molecule has 0 aromatic heterocycles. The van der Waals surface area contributed by atoms with Crippen LogP contribution in [0, 0.1) is 11.3 Å². The van der Waals surface area contributed by atoms with Crippen LogP contribution >= 0.6 is 0 Å². The van der Waals surface area contributed by atoms with Crippen LogP contribution in [0.25, 0.3) is 0 Å². The lowest BCUT2D eigenvalue weighted by Crippen LogP contribution is -2.52. The maximum Gasteiger partial charge on any atom is 0.127 e. The predicted molar refractivity (Wildman–Crippen MR) is 86.2 cm³/mol. The van der Waals surface area contributed by atoms with Crippen LogP contribution in [0.4, 0.5) is 0 Å². The molecule has 5 heteroatoms. The molecule has 1 fully saturated rings. The van der Waals surface area contributed by atoms with Crippen LogP contribution in [0.2, 0.25) is 0 Å². The molecule has 0 N–H and O–H groups in total. The number of methoxy groups -OCH3 is 2. The summed E-state index contributed by atoms with van der Waals surface area (Å²) in [6, 6.07) is 8.17. The van der Waals surface area contributed by atoms with Crippen LogP contribution in [0.5, 0.6) is 11.5 Å². The number of nitriles is 1. The van der Waals surface area contributed by atoms with Gasteiger partial charge in [0, 0.05) is 31.2 Å². The van der Waals surface area contributed by atoms with E-state index in [1.807, 2.05) is 18.2 Å². The third-order valence-corrected chi connectivity index (χ3v) is 4.39. The SMILES string of the molecule is CCC1CN(C)CCN1C(C#N)c1cc(OC)ccc1OC. The highest BCUT2D eigenvalue weighted by atomic mass is 16.5. The standard InChI is InChI=1S/C17H25N3O2/c1-5-13-12-19(2)8-9-20(13)16(11-18)15-10-14(21-3)6-7-17(15)22-4/h6-7,10,13,16H,5,8-9,12H2,1-4H3. The Bertz CT molecular complexity index is 541. The molecule has 0 radical (unpaired) electrons. The Kier molecular flexibility index (Phi) is 5.64. The lowest BCUT2D eigenvalue weighted by molar-refractivity contribution is 0.0667. The molecular formula is C17H25N3O2. The Hall–Kier alpha value is -1.77. The summed E-state index contributed by atoms with van der Waals surface area (Å²) in [5.74, 6) is 1.49. The molecule has 2 atom stereocenters. The molecule has 0 aliphatic carbocycles. The maximum atomic E-state index is 9.79. The molecule has 1 heterocycles. The summed E-state index contributed by atoms with van der Waals surface area (Å²) in [7, 11) is 5.41. The van der Waals surface area contributed by atoms with Crippen molar-refractivity contribution in [2.75, 3.05) is 40.9 Å². The van der Waals surface area contributed by atoms with Gasteiger partial charge in [-0.25, -0.2) is 0 Å². The van der Waals surface area contributed by atoms with E-state index in [0.717, 1.165) is 43.1 Å². The Labute approximate surface area is 133 Å². The largest absolute Gasteiger partial charge is 0.497 e. The van der Waals surface area contributed by atoms with Crippen molar-refractivity contribution in [2.24, 2.45) is 0 Å². The lowest BCUT2D eigenvalue weighted by Gasteiger charge is -2.42. The summed E-state index contributed by atoms with van der Waals surface area (Å²) < 4.78 is 10.8. The number of nitrogens with zero attached hydrogens (tertiary/aromatic N) is 3. The number of piperazine rings is 1. The van der Waals surface area contributed by atoms with E-state index in [-0.39, 0.29) is 6.04 Å². The van der Waals surface area contributed by atoms with E-state index in [9.17, 15) is 5.26 Å². The fraction of sp³-hybridized carbons (Fsp3) is 0.588. The average molecular weight is 303 g/mol. The van der Waals surface area contributed by atoms with Crippen molar-refractivity contribution in [2.45, 2.75) is 25.4 Å². The van der Waals surface area contributed by atoms with Gasteiger partial charge in [0.1, 0.15) is 17.5 Å². The fourth-order valence-corrected chi connectivity index (χ4v) is 3.10. The van der Waals surface area contributed by atoms with Gasteiger partial charge < -0.3 is 14.4 Å². The topological polar surface area (TPSA) is 48.7 Å². The number of hydrogen-bond donors (Lipinski definition) is 0. The molecule has 1 aromatic carbocycles. The summed E-state index contributed by atoms with van der Waals surface area (Å²) in [5, 5.41) is 9.79. The van der Waals surface area contributed by atoms with Crippen LogP contribution in [-0.2, 0) is 0 Å². The van der Waals surface area contributed by atoms with Crippen molar-refractivity contribution in [3.8, 4) is 17.6 Å². The monoisotopic (exact) mass is 303 g/mol. The quantitative estimate of drug-likeness (QED) is 0.835. The van der Waals surface area contributed by atoms with Crippen LogP contribution in [0.3, 0.4) is 0 Å². The minimum Gasteiger partial charge on any atom is -0.497 e. The lowest BCUT2D eigenvalue weighted by atomic mass is 10.00. The molecule has 2 unspecified atom stereocenters. The Morgan fingerprint density at radius 2 is 2.09 bits per heavy atom. The van der Waals surface area contributed by atoms with Gasteiger partial charge in [-0.05, 0) is 31.7 Å². The minimum absolute atomic E-state index is 0.316. The van der Waals surface area contributed by atoms with Crippen molar-refractivity contribution in [1.82, 2.24) is 9.80 Å². The molecule has 22 heavy (non-hydrogen) atoms. The number of benzene rings is 1. The van der Waals surface area contributed by atoms with Gasteiger partial charge in [-0.1, -0.05) is 6.92 Å². The van der Waals surface area contributed by atoms with E-state index in [1.54, 1.807) is 14.2 Å².